The summed E-state index contributed by atoms with van der Waals surface area (Å²) in [5.41, 5.74) is 0.857. The molecule has 0 bridgehead atoms. The molecular formula is C16H23FN2O4S. The van der Waals surface area contributed by atoms with Crippen LogP contribution in [-0.4, -0.2) is 42.9 Å². The summed E-state index contributed by atoms with van der Waals surface area (Å²) in [5.74, 6) is -1.67. The number of nitrogens with zero attached hydrogens (tertiary/aromatic N) is 1. The summed E-state index contributed by atoms with van der Waals surface area (Å²) in [7, 11) is -3.66. The molecule has 6 nitrogen and oxygen atoms in total. The highest BCUT2D eigenvalue weighted by Crippen LogP contribution is 2.20. The van der Waals surface area contributed by atoms with E-state index in [4.69, 9.17) is 5.11 Å². The number of piperidine rings is 1. The van der Waals surface area contributed by atoms with E-state index in [1.807, 2.05) is 6.92 Å². The van der Waals surface area contributed by atoms with Crippen LogP contribution in [0.25, 0.3) is 0 Å². The van der Waals surface area contributed by atoms with Crippen molar-refractivity contribution in [2.45, 2.75) is 38.6 Å². The monoisotopic (exact) mass is 358 g/mol. The van der Waals surface area contributed by atoms with Crippen molar-refractivity contribution in [2.24, 2.45) is 5.92 Å². The topological polar surface area (TPSA) is 86.7 Å². The van der Waals surface area contributed by atoms with Gasteiger partial charge < -0.3 is 5.11 Å². The molecule has 0 aliphatic carbocycles. The van der Waals surface area contributed by atoms with Gasteiger partial charge in [0.25, 0.3) is 10.2 Å². The molecule has 1 atom stereocenters. The molecule has 1 fully saturated rings. The van der Waals surface area contributed by atoms with Gasteiger partial charge in [-0.15, -0.1) is 0 Å². The van der Waals surface area contributed by atoms with E-state index >= 15 is 0 Å². The molecule has 1 heterocycles. The first-order chi connectivity index (χ1) is 11.3. The van der Waals surface area contributed by atoms with Gasteiger partial charge in [0, 0.05) is 19.1 Å². The van der Waals surface area contributed by atoms with E-state index in [9.17, 15) is 17.6 Å². The molecule has 2 rings (SSSR count). The number of halogens is 1. The molecule has 1 saturated heterocycles. The normalized spacial score (nSPS) is 18.4. The Morgan fingerprint density at radius 2 is 1.92 bits per heavy atom. The van der Waals surface area contributed by atoms with Gasteiger partial charge in [0.1, 0.15) is 5.82 Å². The van der Waals surface area contributed by atoms with Crippen molar-refractivity contribution in [3.8, 4) is 0 Å². The summed E-state index contributed by atoms with van der Waals surface area (Å²) in [6.45, 7) is 2.30. The highest BCUT2D eigenvalue weighted by Gasteiger charge is 2.31. The Kier molecular flexibility index (Phi) is 6.31. The number of aliphatic carboxylic acids is 1. The first kappa shape index (κ1) is 18.8. The van der Waals surface area contributed by atoms with Crippen molar-refractivity contribution >= 4 is 16.2 Å². The second-order valence-electron chi connectivity index (χ2n) is 6.07. The Hall–Kier alpha value is -1.51. The first-order valence-corrected chi connectivity index (χ1v) is 9.50. The van der Waals surface area contributed by atoms with Gasteiger partial charge in [-0.25, -0.2) is 4.39 Å². The minimum Gasteiger partial charge on any atom is -0.481 e. The number of rotatable bonds is 7. The average Bonchev–Trinajstić information content (AvgIpc) is 2.56. The summed E-state index contributed by atoms with van der Waals surface area (Å²) in [4.78, 5) is 11.0. The molecule has 24 heavy (non-hydrogen) atoms. The molecule has 2 N–H and O–H groups in total. The third kappa shape index (κ3) is 4.99. The van der Waals surface area contributed by atoms with Crippen molar-refractivity contribution in [1.29, 1.82) is 0 Å². The highest BCUT2D eigenvalue weighted by molar-refractivity contribution is 7.87. The zero-order valence-corrected chi connectivity index (χ0v) is 14.4. The second-order valence-corrected chi connectivity index (χ2v) is 7.77. The summed E-state index contributed by atoms with van der Waals surface area (Å²) >= 11 is 0. The average molecular weight is 358 g/mol. The second kappa shape index (κ2) is 8.04. The van der Waals surface area contributed by atoms with E-state index in [0.29, 0.717) is 25.7 Å². The van der Waals surface area contributed by atoms with Crippen LogP contribution in [0.1, 0.15) is 31.7 Å². The van der Waals surface area contributed by atoms with Crippen LogP contribution in [0.5, 0.6) is 0 Å². The fourth-order valence-corrected chi connectivity index (χ4v) is 4.31. The van der Waals surface area contributed by atoms with Gasteiger partial charge in [-0.1, -0.05) is 19.1 Å². The Morgan fingerprint density at radius 1 is 1.33 bits per heavy atom. The van der Waals surface area contributed by atoms with Crippen LogP contribution in [0.2, 0.25) is 0 Å². The lowest BCUT2D eigenvalue weighted by Crippen LogP contribution is -2.49. The Balaban J connectivity index is 1.96. The largest absolute Gasteiger partial charge is 0.481 e. The van der Waals surface area contributed by atoms with Crippen molar-refractivity contribution in [1.82, 2.24) is 9.03 Å². The molecule has 0 radical (unpaired) electrons. The van der Waals surface area contributed by atoms with E-state index in [0.717, 1.165) is 5.56 Å². The molecule has 0 spiro atoms. The zero-order chi connectivity index (χ0) is 17.7. The van der Waals surface area contributed by atoms with E-state index < -0.39 is 22.1 Å². The number of carboxylic acid groups (broad SMARTS) is 1. The van der Waals surface area contributed by atoms with Gasteiger partial charge in [0.15, 0.2) is 0 Å². The third-order valence-electron chi connectivity index (χ3n) is 4.35. The summed E-state index contributed by atoms with van der Waals surface area (Å²) < 4.78 is 41.9. The van der Waals surface area contributed by atoms with Gasteiger partial charge in [-0.05, 0) is 43.4 Å². The van der Waals surface area contributed by atoms with Crippen LogP contribution in [0.4, 0.5) is 4.39 Å². The molecular weight excluding hydrogens is 335 g/mol. The van der Waals surface area contributed by atoms with E-state index in [1.54, 1.807) is 12.1 Å². The maximum atomic E-state index is 12.9. The van der Waals surface area contributed by atoms with Crippen molar-refractivity contribution < 1.29 is 22.7 Å². The van der Waals surface area contributed by atoms with Crippen molar-refractivity contribution in [2.75, 3.05) is 13.1 Å². The highest BCUT2D eigenvalue weighted by atomic mass is 32.2. The molecule has 1 unspecified atom stereocenters. The fourth-order valence-electron chi connectivity index (χ4n) is 2.80. The fraction of sp³-hybridized carbons (Fsp3) is 0.562. The first-order valence-electron chi connectivity index (χ1n) is 8.06. The van der Waals surface area contributed by atoms with Crippen LogP contribution in [0.15, 0.2) is 24.3 Å². The predicted molar refractivity (Wildman–Crippen MR) is 88.2 cm³/mol. The van der Waals surface area contributed by atoms with E-state index in [1.165, 1.54) is 16.4 Å². The number of hydrogen-bond donors (Lipinski definition) is 2. The maximum Gasteiger partial charge on any atom is 0.306 e. The number of benzene rings is 1. The van der Waals surface area contributed by atoms with E-state index in [-0.39, 0.29) is 24.9 Å². The summed E-state index contributed by atoms with van der Waals surface area (Å²) in [6, 6.07) is 5.70. The van der Waals surface area contributed by atoms with Crippen molar-refractivity contribution in [3.05, 3.63) is 35.6 Å². The van der Waals surface area contributed by atoms with Gasteiger partial charge in [-0.2, -0.15) is 17.4 Å². The van der Waals surface area contributed by atoms with Gasteiger partial charge in [-0.3, -0.25) is 4.79 Å². The van der Waals surface area contributed by atoms with Crippen LogP contribution in [0, 0.1) is 11.7 Å². The molecule has 1 aliphatic rings. The number of nitrogens with one attached hydrogen (secondary N) is 1. The molecule has 0 aromatic heterocycles. The summed E-state index contributed by atoms with van der Waals surface area (Å²) in [6.07, 6.45) is 1.72. The molecule has 0 amide bonds. The quantitative estimate of drug-likeness (QED) is 0.778. The standard InChI is InChI=1S/C16H23FN2O4S/c1-2-15(11-12-3-5-14(17)6-4-12)18-24(22,23)19-9-7-13(8-10-19)16(20)21/h3-6,13,15,18H,2,7-11H2,1H3,(H,20,21). The van der Waals surface area contributed by atoms with Gasteiger partial charge in [0.2, 0.25) is 0 Å². The molecule has 0 saturated carbocycles. The third-order valence-corrected chi connectivity index (χ3v) is 6.02. The Bertz CT molecular complexity index is 655. The van der Waals surface area contributed by atoms with Gasteiger partial charge in [0.05, 0.1) is 5.92 Å². The minimum atomic E-state index is -3.66. The van der Waals surface area contributed by atoms with Crippen molar-refractivity contribution in [3.63, 3.8) is 0 Å². The zero-order valence-electron chi connectivity index (χ0n) is 13.6. The lowest BCUT2D eigenvalue weighted by Gasteiger charge is -2.30. The SMILES string of the molecule is CCC(Cc1ccc(F)cc1)NS(=O)(=O)N1CCC(C(=O)O)CC1. The molecule has 134 valence electrons. The van der Waals surface area contributed by atoms with Crippen LogP contribution < -0.4 is 4.72 Å². The maximum absolute atomic E-state index is 12.9. The van der Waals surface area contributed by atoms with E-state index in [2.05, 4.69) is 4.72 Å². The molecule has 8 heteroatoms. The van der Waals surface area contributed by atoms with Crippen LogP contribution in [-0.2, 0) is 21.4 Å². The number of hydrogen-bond acceptors (Lipinski definition) is 3. The lowest BCUT2D eigenvalue weighted by atomic mass is 9.99. The Labute approximate surface area is 141 Å². The van der Waals surface area contributed by atoms with Crippen LogP contribution >= 0.6 is 0 Å². The smallest absolute Gasteiger partial charge is 0.306 e. The lowest BCUT2D eigenvalue weighted by molar-refractivity contribution is -0.142. The molecule has 1 aliphatic heterocycles. The number of carboxylic acids is 1. The Morgan fingerprint density at radius 3 is 2.42 bits per heavy atom. The molecule has 1 aromatic rings. The van der Waals surface area contributed by atoms with Gasteiger partial charge >= 0.3 is 5.97 Å². The molecule has 1 aromatic carbocycles. The minimum absolute atomic E-state index is 0.208. The van der Waals surface area contributed by atoms with Crippen LogP contribution in [0.3, 0.4) is 0 Å². The number of carbonyl (C=O) groups is 1. The summed E-state index contributed by atoms with van der Waals surface area (Å²) in [5, 5.41) is 8.98. The predicted octanol–water partition coefficient (Wildman–Crippen LogP) is 1.78.